The molecular formula is C16H11F3N4OS. The SMILES string of the molecule is O=C(Nc1cccnc1-n1cccn1)c1ccc(SC(F)(F)F)cc1. The lowest BCUT2D eigenvalue weighted by Crippen LogP contribution is -2.14. The minimum absolute atomic E-state index is 0.0163. The Morgan fingerprint density at radius 1 is 1.08 bits per heavy atom. The molecule has 0 saturated heterocycles. The summed E-state index contributed by atoms with van der Waals surface area (Å²) < 4.78 is 38.5. The normalized spacial score (nSPS) is 11.3. The Labute approximate surface area is 144 Å². The summed E-state index contributed by atoms with van der Waals surface area (Å²) in [6, 6.07) is 10.2. The molecule has 0 fully saturated rings. The number of alkyl halides is 3. The zero-order valence-corrected chi connectivity index (χ0v) is 13.4. The summed E-state index contributed by atoms with van der Waals surface area (Å²) in [7, 11) is 0. The minimum Gasteiger partial charge on any atom is -0.319 e. The van der Waals surface area contributed by atoms with E-state index < -0.39 is 11.4 Å². The van der Waals surface area contributed by atoms with Crippen molar-refractivity contribution >= 4 is 23.4 Å². The first-order chi connectivity index (χ1) is 11.9. The van der Waals surface area contributed by atoms with Gasteiger partial charge in [-0.15, -0.1) is 0 Å². The second-order valence-corrected chi connectivity index (χ2v) is 5.99. The Bertz CT molecular complexity index is 864. The lowest BCUT2D eigenvalue weighted by Gasteiger charge is -2.10. The predicted molar refractivity (Wildman–Crippen MR) is 87.7 cm³/mol. The Morgan fingerprint density at radius 3 is 2.48 bits per heavy atom. The Morgan fingerprint density at radius 2 is 1.84 bits per heavy atom. The lowest BCUT2D eigenvalue weighted by molar-refractivity contribution is -0.0328. The van der Waals surface area contributed by atoms with E-state index in [0.717, 1.165) is 0 Å². The Hall–Kier alpha value is -2.81. The molecule has 1 amide bonds. The number of amides is 1. The first-order valence-electron chi connectivity index (χ1n) is 7.04. The summed E-state index contributed by atoms with van der Waals surface area (Å²) >= 11 is -0.227. The van der Waals surface area contributed by atoms with E-state index in [1.165, 1.54) is 28.9 Å². The molecule has 3 aromatic rings. The number of hydrogen-bond donors (Lipinski definition) is 1. The number of anilines is 1. The van der Waals surface area contributed by atoms with Gasteiger partial charge in [-0.05, 0) is 54.2 Å². The largest absolute Gasteiger partial charge is 0.446 e. The monoisotopic (exact) mass is 364 g/mol. The standard InChI is InChI=1S/C16H11F3N4OS/c17-16(18,19)25-12-6-4-11(5-7-12)15(24)22-13-3-1-8-20-14(13)23-10-2-9-21-23/h1-10H,(H,22,24). The highest BCUT2D eigenvalue weighted by Crippen LogP contribution is 2.36. The lowest BCUT2D eigenvalue weighted by atomic mass is 10.2. The van der Waals surface area contributed by atoms with Crippen LogP contribution < -0.4 is 5.32 Å². The molecule has 1 aromatic carbocycles. The van der Waals surface area contributed by atoms with E-state index >= 15 is 0 Å². The number of aromatic nitrogens is 3. The fourth-order valence-corrected chi connectivity index (χ4v) is 2.61. The van der Waals surface area contributed by atoms with Crippen LogP contribution in [0.2, 0.25) is 0 Å². The molecule has 25 heavy (non-hydrogen) atoms. The van der Waals surface area contributed by atoms with Crippen LogP contribution in [0, 0.1) is 0 Å². The molecule has 0 radical (unpaired) electrons. The average molecular weight is 364 g/mol. The summed E-state index contributed by atoms with van der Waals surface area (Å²) in [6.45, 7) is 0. The van der Waals surface area contributed by atoms with E-state index in [9.17, 15) is 18.0 Å². The van der Waals surface area contributed by atoms with Gasteiger partial charge < -0.3 is 5.32 Å². The first-order valence-corrected chi connectivity index (χ1v) is 7.86. The number of carbonyl (C=O) groups is 1. The molecule has 9 heteroatoms. The van der Waals surface area contributed by atoms with E-state index in [1.54, 1.807) is 36.8 Å². The molecule has 3 rings (SSSR count). The van der Waals surface area contributed by atoms with Gasteiger partial charge in [0.15, 0.2) is 5.82 Å². The van der Waals surface area contributed by atoms with Gasteiger partial charge >= 0.3 is 5.51 Å². The van der Waals surface area contributed by atoms with Crippen molar-refractivity contribution in [3.63, 3.8) is 0 Å². The van der Waals surface area contributed by atoms with Crippen molar-refractivity contribution in [2.75, 3.05) is 5.32 Å². The number of nitrogens with zero attached hydrogens (tertiary/aromatic N) is 3. The van der Waals surface area contributed by atoms with Crippen molar-refractivity contribution in [1.82, 2.24) is 14.8 Å². The number of halogens is 3. The zero-order valence-electron chi connectivity index (χ0n) is 12.6. The summed E-state index contributed by atoms with van der Waals surface area (Å²) in [6.07, 6.45) is 4.83. The molecular weight excluding hydrogens is 353 g/mol. The molecule has 128 valence electrons. The smallest absolute Gasteiger partial charge is 0.319 e. The molecule has 0 saturated carbocycles. The second kappa shape index (κ2) is 6.98. The van der Waals surface area contributed by atoms with Crippen molar-refractivity contribution in [3.05, 3.63) is 66.6 Å². The van der Waals surface area contributed by atoms with Crippen LogP contribution in [0.1, 0.15) is 10.4 Å². The van der Waals surface area contributed by atoms with Gasteiger partial charge in [-0.3, -0.25) is 4.79 Å². The summed E-state index contributed by atoms with van der Waals surface area (Å²) in [5.74, 6) is -0.0185. The first kappa shape index (κ1) is 17.0. The third-order valence-corrected chi connectivity index (χ3v) is 3.85. The summed E-state index contributed by atoms with van der Waals surface area (Å²) in [5, 5.41) is 6.76. The van der Waals surface area contributed by atoms with Crippen LogP contribution in [0.15, 0.2) is 66.0 Å². The van der Waals surface area contributed by atoms with Gasteiger partial charge in [-0.1, -0.05) is 0 Å². The van der Waals surface area contributed by atoms with Crippen LogP contribution in [-0.2, 0) is 0 Å². The maximum atomic E-state index is 12.3. The number of rotatable bonds is 4. The van der Waals surface area contributed by atoms with Crippen molar-refractivity contribution in [3.8, 4) is 5.82 Å². The molecule has 0 spiro atoms. The third kappa shape index (κ3) is 4.38. The molecule has 0 aliphatic carbocycles. The molecule has 0 unspecified atom stereocenters. The quantitative estimate of drug-likeness (QED) is 0.707. The second-order valence-electron chi connectivity index (χ2n) is 4.85. The van der Waals surface area contributed by atoms with Gasteiger partial charge in [0.1, 0.15) is 0 Å². The topological polar surface area (TPSA) is 59.8 Å². The van der Waals surface area contributed by atoms with Gasteiger partial charge in [0.2, 0.25) is 0 Å². The maximum absolute atomic E-state index is 12.3. The van der Waals surface area contributed by atoms with Crippen LogP contribution >= 0.6 is 11.8 Å². The maximum Gasteiger partial charge on any atom is 0.446 e. The van der Waals surface area contributed by atoms with Gasteiger partial charge in [0.25, 0.3) is 5.91 Å². The number of benzene rings is 1. The summed E-state index contributed by atoms with van der Waals surface area (Å²) in [4.78, 5) is 16.5. The number of hydrogen-bond acceptors (Lipinski definition) is 4. The van der Waals surface area contributed by atoms with E-state index in [4.69, 9.17) is 0 Å². The molecule has 0 atom stereocenters. The van der Waals surface area contributed by atoms with E-state index in [2.05, 4.69) is 15.4 Å². The highest BCUT2D eigenvalue weighted by molar-refractivity contribution is 8.00. The van der Waals surface area contributed by atoms with Crippen molar-refractivity contribution in [2.45, 2.75) is 10.4 Å². The molecule has 0 aliphatic rings. The van der Waals surface area contributed by atoms with Crippen molar-refractivity contribution < 1.29 is 18.0 Å². The predicted octanol–water partition coefficient (Wildman–Crippen LogP) is 4.13. The Balaban J connectivity index is 1.77. The van der Waals surface area contributed by atoms with E-state index in [1.807, 2.05) is 0 Å². The van der Waals surface area contributed by atoms with Gasteiger partial charge in [0.05, 0.1) is 5.69 Å². The van der Waals surface area contributed by atoms with Crippen LogP contribution in [0.3, 0.4) is 0 Å². The van der Waals surface area contributed by atoms with Crippen LogP contribution in [-0.4, -0.2) is 26.2 Å². The number of pyridine rings is 1. The van der Waals surface area contributed by atoms with Crippen LogP contribution in [0.5, 0.6) is 0 Å². The fourth-order valence-electron chi connectivity index (χ4n) is 2.07. The third-order valence-electron chi connectivity index (χ3n) is 3.11. The Kier molecular flexibility index (Phi) is 4.75. The fraction of sp³-hybridized carbons (Fsp3) is 0.0625. The number of nitrogens with one attached hydrogen (secondary N) is 1. The number of carbonyl (C=O) groups excluding carboxylic acids is 1. The molecule has 2 aromatic heterocycles. The van der Waals surface area contributed by atoms with E-state index in [-0.39, 0.29) is 22.2 Å². The van der Waals surface area contributed by atoms with Gasteiger partial charge in [-0.2, -0.15) is 18.3 Å². The molecule has 2 heterocycles. The highest BCUT2D eigenvalue weighted by atomic mass is 32.2. The molecule has 0 bridgehead atoms. The minimum atomic E-state index is -4.36. The van der Waals surface area contributed by atoms with E-state index in [0.29, 0.717) is 11.5 Å². The van der Waals surface area contributed by atoms with Crippen molar-refractivity contribution in [2.24, 2.45) is 0 Å². The van der Waals surface area contributed by atoms with Gasteiger partial charge in [0, 0.05) is 29.0 Å². The van der Waals surface area contributed by atoms with Gasteiger partial charge in [-0.25, -0.2) is 9.67 Å². The van der Waals surface area contributed by atoms with Crippen LogP contribution in [0.4, 0.5) is 18.9 Å². The van der Waals surface area contributed by atoms with Crippen LogP contribution in [0.25, 0.3) is 5.82 Å². The molecule has 0 aliphatic heterocycles. The molecule has 5 nitrogen and oxygen atoms in total. The highest BCUT2D eigenvalue weighted by Gasteiger charge is 2.29. The summed E-state index contributed by atoms with van der Waals surface area (Å²) in [5.41, 5.74) is -3.69. The number of thioether (sulfide) groups is 1. The van der Waals surface area contributed by atoms with Crippen molar-refractivity contribution in [1.29, 1.82) is 0 Å². The zero-order chi connectivity index (χ0) is 17.9. The average Bonchev–Trinajstić information content (AvgIpc) is 3.09. The molecule has 1 N–H and O–H groups in total.